The maximum Gasteiger partial charge on any atom is 0.245 e. The summed E-state index contributed by atoms with van der Waals surface area (Å²) < 4.78 is 1.50. The SMILES string of the molecule is CCN(CC)C(=O)[C@@H]1C[C@@H](N)CN1C(=O)C1CNNC1n1cnnn1. The number of carbonyl (C=O) groups excluding carboxylic acids is 2. The van der Waals surface area contributed by atoms with Crippen LogP contribution in [0.4, 0.5) is 0 Å². The molecule has 2 saturated heterocycles. The lowest BCUT2D eigenvalue weighted by Gasteiger charge is -2.31. The molecule has 0 bridgehead atoms. The lowest BCUT2D eigenvalue weighted by Crippen LogP contribution is -2.50. The number of hydrogen-bond donors (Lipinski definition) is 3. The molecule has 0 aromatic carbocycles. The second kappa shape index (κ2) is 7.42. The molecule has 1 aromatic heterocycles. The van der Waals surface area contributed by atoms with E-state index in [1.165, 1.54) is 11.0 Å². The number of hydrogen-bond acceptors (Lipinski definition) is 8. The van der Waals surface area contributed by atoms with Crippen LogP contribution in [0.2, 0.25) is 0 Å². The minimum absolute atomic E-state index is 0.0378. The zero-order valence-electron chi connectivity index (χ0n) is 14.5. The van der Waals surface area contributed by atoms with E-state index in [1.54, 1.807) is 9.80 Å². The van der Waals surface area contributed by atoms with Gasteiger partial charge >= 0.3 is 0 Å². The fourth-order valence-electron chi connectivity index (χ4n) is 3.56. The second-order valence-electron chi connectivity index (χ2n) is 6.38. The number of tetrazole rings is 1. The van der Waals surface area contributed by atoms with Crippen molar-refractivity contribution in [2.45, 2.75) is 38.5 Å². The van der Waals surface area contributed by atoms with Crippen molar-refractivity contribution >= 4 is 11.8 Å². The van der Waals surface area contributed by atoms with Gasteiger partial charge < -0.3 is 15.5 Å². The Labute approximate surface area is 145 Å². The summed E-state index contributed by atoms with van der Waals surface area (Å²) >= 11 is 0. The summed E-state index contributed by atoms with van der Waals surface area (Å²) in [6.07, 6.45) is 1.55. The molecule has 0 saturated carbocycles. The Balaban J connectivity index is 1.78. The summed E-state index contributed by atoms with van der Waals surface area (Å²) in [6, 6.07) is -0.695. The van der Waals surface area contributed by atoms with Gasteiger partial charge in [-0.25, -0.2) is 10.1 Å². The van der Waals surface area contributed by atoms with E-state index < -0.39 is 18.1 Å². The van der Waals surface area contributed by atoms with Crippen molar-refractivity contribution in [1.82, 2.24) is 40.9 Å². The average molecular weight is 351 g/mol. The normalized spacial score (nSPS) is 29.2. The molecule has 11 nitrogen and oxygen atoms in total. The zero-order valence-corrected chi connectivity index (χ0v) is 14.5. The highest BCUT2D eigenvalue weighted by Crippen LogP contribution is 2.26. The zero-order chi connectivity index (χ0) is 18.0. The summed E-state index contributed by atoms with van der Waals surface area (Å²) in [5.41, 5.74) is 12.1. The summed E-state index contributed by atoms with van der Waals surface area (Å²) in [5.74, 6) is -0.568. The summed E-state index contributed by atoms with van der Waals surface area (Å²) in [6.45, 7) is 5.91. The molecule has 2 aliphatic rings. The molecule has 4 N–H and O–H groups in total. The van der Waals surface area contributed by atoms with Crippen LogP contribution in [0.25, 0.3) is 0 Å². The number of likely N-dealkylation sites (N-methyl/N-ethyl adjacent to an activating group) is 1. The van der Waals surface area contributed by atoms with Crippen LogP contribution in [0.1, 0.15) is 26.4 Å². The highest BCUT2D eigenvalue weighted by atomic mass is 16.2. The van der Waals surface area contributed by atoms with Gasteiger partial charge in [0.05, 0.1) is 5.92 Å². The number of nitrogens with two attached hydrogens (primary N) is 1. The molecule has 3 heterocycles. The van der Waals surface area contributed by atoms with Crippen molar-refractivity contribution in [3.63, 3.8) is 0 Å². The van der Waals surface area contributed by atoms with Crippen LogP contribution in [0.5, 0.6) is 0 Å². The molecule has 2 fully saturated rings. The molecule has 0 spiro atoms. The number of carbonyl (C=O) groups is 2. The van der Waals surface area contributed by atoms with Gasteiger partial charge in [-0.05, 0) is 30.7 Å². The monoisotopic (exact) mass is 351 g/mol. The van der Waals surface area contributed by atoms with E-state index >= 15 is 0 Å². The third-order valence-corrected chi connectivity index (χ3v) is 4.90. The molecule has 138 valence electrons. The number of nitrogens with zero attached hydrogens (tertiary/aromatic N) is 6. The van der Waals surface area contributed by atoms with Crippen molar-refractivity contribution < 1.29 is 9.59 Å². The quantitative estimate of drug-likeness (QED) is 0.539. The first-order valence-corrected chi connectivity index (χ1v) is 8.62. The smallest absolute Gasteiger partial charge is 0.245 e. The van der Waals surface area contributed by atoms with Crippen LogP contribution in [0.3, 0.4) is 0 Å². The minimum atomic E-state index is -0.502. The van der Waals surface area contributed by atoms with Gasteiger partial charge in [0.2, 0.25) is 11.8 Å². The van der Waals surface area contributed by atoms with Crippen molar-refractivity contribution in [2.75, 3.05) is 26.2 Å². The van der Waals surface area contributed by atoms with Crippen LogP contribution in [-0.4, -0.2) is 80.1 Å². The van der Waals surface area contributed by atoms with E-state index in [0.717, 1.165) is 0 Å². The molecule has 2 unspecified atom stereocenters. The maximum absolute atomic E-state index is 13.2. The number of amides is 2. The number of rotatable bonds is 5. The largest absolute Gasteiger partial charge is 0.341 e. The van der Waals surface area contributed by atoms with Gasteiger partial charge in [0.25, 0.3) is 0 Å². The minimum Gasteiger partial charge on any atom is -0.341 e. The second-order valence-corrected chi connectivity index (χ2v) is 6.38. The molecule has 1 aromatic rings. The summed E-state index contributed by atoms with van der Waals surface area (Å²) in [7, 11) is 0. The van der Waals surface area contributed by atoms with E-state index in [4.69, 9.17) is 5.73 Å². The van der Waals surface area contributed by atoms with Gasteiger partial charge in [-0.2, -0.15) is 0 Å². The lowest BCUT2D eigenvalue weighted by atomic mass is 10.0. The Hall–Kier alpha value is -2.11. The highest BCUT2D eigenvalue weighted by Gasteiger charge is 2.45. The first kappa shape index (κ1) is 17.7. The van der Waals surface area contributed by atoms with Gasteiger partial charge in [-0.1, -0.05) is 0 Å². The third kappa shape index (κ3) is 3.34. The molecular formula is C14H25N9O2. The standard InChI is InChI=1S/C14H25N9O2/c1-3-21(4-2)14(25)11-5-9(15)7-22(11)13(24)10-6-16-18-12(10)23-8-17-19-20-23/h8-12,16,18H,3-7,15H2,1-2H3/t9-,10?,11+,12?/m1/s1. The van der Waals surface area contributed by atoms with Crippen LogP contribution in [0, 0.1) is 5.92 Å². The highest BCUT2D eigenvalue weighted by molar-refractivity contribution is 5.89. The molecule has 4 atom stereocenters. The molecule has 0 aliphatic carbocycles. The molecule has 0 radical (unpaired) electrons. The van der Waals surface area contributed by atoms with E-state index in [-0.39, 0.29) is 17.9 Å². The number of likely N-dealkylation sites (tertiary alicyclic amines) is 1. The van der Waals surface area contributed by atoms with Crippen molar-refractivity contribution in [2.24, 2.45) is 11.7 Å². The van der Waals surface area contributed by atoms with Crippen LogP contribution in [-0.2, 0) is 9.59 Å². The van der Waals surface area contributed by atoms with Crippen LogP contribution < -0.4 is 16.6 Å². The Bertz CT molecular complexity index is 603. The Morgan fingerprint density at radius 3 is 2.76 bits per heavy atom. The van der Waals surface area contributed by atoms with E-state index in [0.29, 0.717) is 32.6 Å². The van der Waals surface area contributed by atoms with Gasteiger partial charge in [-0.3, -0.25) is 15.0 Å². The molecule has 2 aliphatic heterocycles. The van der Waals surface area contributed by atoms with E-state index in [1.807, 2.05) is 13.8 Å². The Morgan fingerprint density at radius 1 is 1.36 bits per heavy atom. The maximum atomic E-state index is 13.2. The third-order valence-electron chi connectivity index (χ3n) is 4.90. The van der Waals surface area contributed by atoms with Gasteiger partial charge in [0.1, 0.15) is 18.5 Å². The first-order valence-electron chi connectivity index (χ1n) is 8.62. The topological polar surface area (TPSA) is 134 Å². The van der Waals surface area contributed by atoms with Gasteiger partial charge in [0.15, 0.2) is 0 Å². The predicted molar refractivity (Wildman–Crippen MR) is 87.5 cm³/mol. The molecular weight excluding hydrogens is 326 g/mol. The fraction of sp³-hybridized carbons (Fsp3) is 0.786. The van der Waals surface area contributed by atoms with Gasteiger partial charge in [-0.15, -0.1) is 5.10 Å². The number of hydrazine groups is 1. The summed E-state index contributed by atoms with van der Waals surface area (Å²) in [4.78, 5) is 29.3. The molecule has 3 rings (SSSR count). The fourth-order valence-corrected chi connectivity index (χ4v) is 3.56. The van der Waals surface area contributed by atoms with Crippen molar-refractivity contribution in [3.8, 4) is 0 Å². The van der Waals surface area contributed by atoms with Crippen molar-refractivity contribution in [1.29, 1.82) is 0 Å². The number of nitrogens with one attached hydrogen (secondary N) is 2. The van der Waals surface area contributed by atoms with Crippen molar-refractivity contribution in [3.05, 3.63) is 6.33 Å². The Kier molecular flexibility index (Phi) is 5.25. The average Bonchev–Trinajstić information content (AvgIpc) is 3.34. The molecule has 2 amide bonds. The van der Waals surface area contributed by atoms with Crippen LogP contribution >= 0.6 is 0 Å². The number of aromatic nitrogens is 4. The van der Waals surface area contributed by atoms with E-state index in [2.05, 4.69) is 26.4 Å². The van der Waals surface area contributed by atoms with Crippen LogP contribution in [0.15, 0.2) is 6.33 Å². The molecule has 25 heavy (non-hydrogen) atoms. The summed E-state index contributed by atoms with van der Waals surface area (Å²) in [5, 5.41) is 11.1. The van der Waals surface area contributed by atoms with Gasteiger partial charge in [0, 0.05) is 32.2 Å². The molecule has 11 heteroatoms. The predicted octanol–water partition coefficient (Wildman–Crippen LogP) is -2.31. The first-order chi connectivity index (χ1) is 12.1. The Morgan fingerprint density at radius 2 is 2.12 bits per heavy atom. The van der Waals surface area contributed by atoms with E-state index in [9.17, 15) is 9.59 Å². The lowest BCUT2D eigenvalue weighted by molar-refractivity contribution is -0.146.